The first kappa shape index (κ1) is 10.4. The second kappa shape index (κ2) is 4.16. The smallest absolute Gasteiger partial charge is 0.223 e. The Morgan fingerprint density at radius 2 is 2.13 bits per heavy atom. The molecule has 2 rings (SSSR count). The summed E-state index contributed by atoms with van der Waals surface area (Å²) in [5.41, 5.74) is 0.951. The maximum absolute atomic E-state index is 5.70. The first-order valence-corrected chi connectivity index (χ1v) is 5.40. The Morgan fingerprint density at radius 3 is 2.80 bits per heavy atom. The van der Waals surface area contributed by atoms with Gasteiger partial charge in [-0.05, 0) is 37.2 Å². The summed E-state index contributed by atoms with van der Waals surface area (Å²) in [6, 6.07) is 0. The average molecular weight is 242 g/mol. The van der Waals surface area contributed by atoms with Crippen LogP contribution in [-0.2, 0) is 0 Å². The number of nitrogens with one attached hydrogen (secondary N) is 1. The van der Waals surface area contributed by atoms with Crippen molar-refractivity contribution in [2.24, 2.45) is 0 Å². The summed E-state index contributed by atoms with van der Waals surface area (Å²) < 4.78 is 0. The highest BCUT2D eigenvalue weighted by Crippen LogP contribution is 2.25. The fourth-order valence-electron chi connectivity index (χ4n) is 0.964. The van der Waals surface area contributed by atoms with Crippen LogP contribution in [0.2, 0.25) is 5.28 Å². The SMILES string of the molecule is Cc1nc(Sc2nc(Cl)ncc2C)n[nH]1. The standard InChI is InChI=1S/C8H8ClN5S/c1-4-3-10-7(9)12-6(4)15-8-11-5(2)13-14-8/h3H,1-2H3,(H,11,13,14). The third kappa shape index (κ3) is 2.45. The summed E-state index contributed by atoms with van der Waals surface area (Å²) in [6.07, 6.45) is 1.68. The predicted molar refractivity (Wildman–Crippen MR) is 57.0 cm³/mol. The Morgan fingerprint density at radius 1 is 1.33 bits per heavy atom. The molecule has 1 N–H and O–H groups in total. The van der Waals surface area contributed by atoms with E-state index < -0.39 is 0 Å². The van der Waals surface area contributed by atoms with Crippen LogP contribution in [0.5, 0.6) is 0 Å². The van der Waals surface area contributed by atoms with Crippen LogP contribution >= 0.6 is 23.4 Å². The number of halogens is 1. The molecule has 2 aromatic rings. The summed E-state index contributed by atoms with van der Waals surface area (Å²) in [4.78, 5) is 12.1. The molecule has 0 amide bonds. The van der Waals surface area contributed by atoms with E-state index in [-0.39, 0.29) is 5.28 Å². The number of hydrogen-bond acceptors (Lipinski definition) is 5. The molecule has 0 fully saturated rings. The highest BCUT2D eigenvalue weighted by Gasteiger charge is 2.08. The van der Waals surface area contributed by atoms with Gasteiger partial charge in [0.15, 0.2) is 0 Å². The minimum atomic E-state index is 0.232. The van der Waals surface area contributed by atoms with Crippen molar-refractivity contribution in [3.63, 3.8) is 0 Å². The maximum atomic E-state index is 5.70. The van der Waals surface area contributed by atoms with E-state index in [2.05, 4.69) is 25.1 Å². The van der Waals surface area contributed by atoms with Crippen LogP contribution in [0.15, 0.2) is 16.4 Å². The molecule has 0 saturated carbocycles. The van der Waals surface area contributed by atoms with Crippen LogP contribution in [0.1, 0.15) is 11.4 Å². The lowest BCUT2D eigenvalue weighted by molar-refractivity contribution is 0.952. The lowest BCUT2D eigenvalue weighted by Crippen LogP contribution is -1.90. The Labute approximate surface area is 95.7 Å². The quantitative estimate of drug-likeness (QED) is 0.644. The van der Waals surface area contributed by atoms with Gasteiger partial charge in [0.05, 0.1) is 0 Å². The fraction of sp³-hybridized carbons (Fsp3) is 0.250. The second-order valence-corrected chi connectivity index (χ2v) is 4.23. The highest BCUT2D eigenvalue weighted by atomic mass is 35.5. The molecule has 0 bridgehead atoms. The van der Waals surface area contributed by atoms with Gasteiger partial charge in [0.25, 0.3) is 0 Å². The van der Waals surface area contributed by atoms with Gasteiger partial charge < -0.3 is 0 Å². The van der Waals surface area contributed by atoms with Gasteiger partial charge in [0.1, 0.15) is 10.9 Å². The third-order valence-corrected chi connectivity index (χ3v) is 2.81. The molecule has 0 aliphatic heterocycles. The lowest BCUT2D eigenvalue weighted by atomic mass is 10.4. The number of hydrogen-bond donors (Lipinski definition) is 1. The molecule has 2 aromatic heterocycles. The lowest BCUT2D eigenvalue weighted by Gasteiger charge is -2.00. The molecule has 0 aromatic carbocycles. The molecule has 0 saturated heterocycles. The van der Waals surface area contributed by atoms with Crippen molar-refractivity contribution in [1.29, 1.82) is 0 Å². The second-order valence-electron chi connectivity index (χ2n) is 2.93. The molecular weight excluding hydrogens is 234 g/mol. The number of nitrogens with zero attached hydrogens (tertiary/aromatic N) is 4. The summed E-state index contributed by atoms with van der Waals surface area (Å²) in [6.45, 7) is 3.76. The van der Waals surface area contributed by atoms with Gasteiger partial charge in [-0.2, -0.15) is 0 Å². The van der Waals surface area contributed by atoms with E-state index in [9.17, 15) is 0 Å². The van der Waals surface area contributed by atoms with Crippen molar-refractivity contribution < 1.29 is 0 Å². The third-order valence-electron chi connectivity index (χ3n) is 1.66. The molecular formula is C8H8ClN5S. The predicted octanol–water partition coefficient (Wildman–Crippen LogP) is 2.02. The van der Waals surface area contributed by atoms with Gasteiger partial charge in [0, 0.05) is 11.8 Å². The molecule has 78 valence electrons. The number of aromatic amines is 1. The first-order chi connectivity index (χ1) is 7.15. The fourth-order valence-corrected chi connectivity index (χ4v) is 1.94. The maximum Gasteiger partial charge on any atom is 0.223 e. The van der Waals surface area contributed by atoms with Gasteiger partial charge in [-0.25, -0.2) is 15.0 Å². The molecule has 7 heteroatoms. The molecule has 0 aliphatic carbocycles. The summed E-state index contributed by atoms with van der Waals surface area (Å²) in [7, 11) is 0. The van der Waals surface area contributed by atoms with Crippen molar-refractivity contribution in [2.75, 3.05) is 0 Å². The van der Waals surface area contributed by atoms with Crippen molar-refractivity contribution in [3.05, 3.63) is 22.9 Å². The number of H-pyrrole nitrogens is 1. The molecule has 5 nitrogen and oxygen atoms in total. The molecule has 0 spiro atoms. The van der Waals surface area contributed by atoms with Crippen molar-refractivity contribution in [1.82, 2.24) is 25.1 Å². The monoisotopic (exact) mass is 241 g/mol. The average Bonchev–Trinajstić information content (AvgIpc) is 2.58. The first-order valence-electron chi connectivity index (χ1n) is 4.21. The zero-order valence-corrected chi connectivity index (χ0v) is 9.72. The minimum Gasteiger partial charge on any atom is -0.262 e. The molecule has 2 heterocycles. The van der Waals surface area contributed by atoms with E-state index in [0.29, 0.717) is 5.16 Å². The van der Waals surface area contributed by atoms with Gasteiger partial charge in [-0.1, -0.05) is 0 Å². The van der Waals surface area contributed by atoms with Crippen molar-refractivity contribution in [2.45, 2.75) is 24.0 Å². The Balaban J connectivity index is 2.27. The zero-order chi connectivity index (χ0) is 10.8. The van der Waals surface area contributed by atoms with Crippen molar-refractivity contribution in [3.8, 4) is 0 Å². The number of aromatic nitrogens is 5. The number of rotatable bonds is 2. The number of aryl methyl sites for hydroxylation is 2. The molecule has 0 unspecified atom stereocenters. The van der Waals surface area contributed by atoms with E-state index in [4.69, 9.17) is 11.6 Å². The van der Waals surface area contributed by atoms with E-state index in [0.717, 1.165) is 16.4 Å². The topological polar surface area (TPSA) is 67.3 Å². The summed E-state index contributed by atoms with van der Waals surface area (Å²) in [5.74, 6) is 0.773. The van der Waals surface area contributed by atoms with Gasteiger partial charge in [-0.15, -0.1) is 5.10 Å². The van der Waals surface area contributed by atoms with Gasteiger partial charge in [-0.3, -0.25) is 5.10 Å². The minimum absolute atomic E-state index is 0.232. The van der Waals surface area contributed by atoms with E-state index in [1.54, 1.807) is 6.20 Å². The van der Waals surface area contributed by atoms with Crippen LogP contribution in [0.25, 0.3) is 0 Å². The largest absolute Gasteiger partial charge is 0.262 e. The Bertz CT molecular complexity index is 484. The Kier molecular flexibility index (Phi) is 2.88. The summed E-state index contributed by atoms with van der Waals surface area (Å²) in [5, 5.41) is 8.40. The van der Waals surface area contributed by atoms with E-state index >= 15 is 0 Å². The van der Waals surface area contributed by atoms with Crippen LogP contribution in [0.3, 0.4) is 0 Å². The van der Waals surface area contributed by atoms with E-state index in [1.165, 1.54) is 11.8 Å². The highest BCUT2D eigenvalue weighted by molar-refractivity contribution is 7.99. The van der Waals surface area contributed by atoms with Crippen LogP contribution in [0.4, 0.5) is 0 Å². The van der Waals surface area contributed by atoms with Crippen LogP contribution in [-0.4, -0.2) is 25.1 Å². The zero-order valence-electron chi connectivity index (χ0n) is 8.15. The summed E-state index contributed by atoms with van der Waals surface area (Å²) >= 11 is 7.06. The van der Waals surface area contributed by atoms with Gasteiger partial charge >= 0.3 is 0 Å². The molecule has 0 aliphatic rings. The van der Waals surface area contributed by atoms with Crippen LogP contribution < -0.4 is 0 Å². The normalized spacial score (nSPS) is 10.6. The molecule has 0 atom stereocenters. The van der Waals surface area contributed by atoms with Crippen LogP contribution in [0, 0.1) is 13.8 Å². The van der Waals surface area contributed by atoms with E-state index in [1.807, 2.05) is 13.8 Å². The van der Waals surface area contributed by atoms with Crippen molar-refractivity contribution >= 4 is 23.4 Å². The Hall–Kier alpha value is -1.14. The molecule has 0 radical (unpaired) electrons. The molecule has 15 heavy (non-hydrogen) atoms. The van der Waals surface area contributed by atoms with Gasteiger partial charge in [0.2, 0.25) is 10.4 Å².